The van der Waals surface area contributed by atoms with Crippen molar-refractivity contribution < 1.29 is 4.74 Å². The minimum atomic E-state index is 0.157. The molecule has 0 aliphatic carbocycles. The van der Waals surface area contributed by atoms with Gasteiger partial charge in [-0.15, -0.1) is 0 Å². The van der Waals surface area contributed by atoms with Gasteiger partial charge < -0.3 is 4.74 Å². The lowest BCUT2D eigenvalue weighted by Gasteiger charge is -2.20. The molecule has 0 saturated heterocycles. The van der Waals surface area contributed by atoms with Gasteiger partial charge in [0.2, 0.25) is 0 Å². The highest BCUT2D eigenvalue weighted by molar-refractivity contribution is 5.42. The summed E-state index contributed by atoms with van der Waals surface area (Å²) in [5, 5.41) is 0. The molecule has 1 heterocycles. The third-order valence-corrected chi connectivity index (χ3v) is 3.44. The molecule has 20 heavy (non-hydrogen) atoms. The summed E-state index contributed by atoms with van der Waals surface area (Å²) in [7, 11) is 0. The van der Waals surface area contributed by atoms with Crippen molar-refractivity contribution in [2.75, 3.05) is 0 Å². The van der Waals surface area contributed by atoms with Crippen molar-refractivity contribution in [2.45, 2.75) is 47.0 Å². The molecular formula is C18H23NO. The Morgan fingerprint density at radius 2 is 1.55 bits per heavy atom. The zero-order valence-electron chi connectivity index (χ0n) is 13.2. The van der Waals surface area contributed by atoms with Gasteiger partial charge in [0, 0.05) is 5.69 Å². The largest absolute Gasteiger partial charge is 0.455 e. The quantitative estimate of drug-likeness (QED) is 0.757. The van der Waals surface area contributed by atoms with Crippen LogP contribution in [0.4, 0.5) is 0 Å². The molecule has 0 spiro atoms. The van der Waals surface area contributed by atoms with Crippen LogP contribution < -0.4 is 4.74 Å². The van der Waals surface area contributed by atoms with E-state index in [4.69, 9.17) is 4.74 Å². The molecule has 1 aromatic heterocycles. The molecule has 2 rings (SSSR count). The monoisotopic (exact) mass is 269 g/mol. The lowest BCUT2D eigenvalue weighted by molar-refractivity contribution is 0.470. The Kier molecular flexibility index (Phi) is 3.85. The highest BCUT2D eigenvalue weighted by Crippen LogP contribution is 2.31. The molecule has 0 atom stereocenters. The van der Waals surface area contributed by atoms with Crippen LogP contribution in [0, 0.1) is 20.8 Å². The Labute approximate surface area is 121 Å². The summed E-state index contributed by atoms with van der Waals surface area (Å²) in [6, 6.07) is 10.3. The van der Waals surface area contributed by atoms with Crippen LogP contribution in [0.25, 0.3) is 0 Å². The van der Waals surface area contributed by atoms with Crippen molar-refractivity contribution in [1.29, 1.82) is 0 Å². The number of aryl methyl sites for hydroxylation is 3. The summed E-state index contributed by atoms with van der Waals surface area (Å²) in [5.74, 6) is 1.72. The molecule has 1 aromatic carbocycles. The van der Waals surface area contributed by atoms with Crippen molar-refractivity contribution in [2.24, 2.45) is 0 Å². The fraction of sp³-hybridized carbons (Fsp3) is 0.389. The molecule has 2 aromatic rings. The van der Waals surface area contributed by atoms with Gasteiger partial charge in [-0.2, -0.15) is 0 Å². The van der Waals surface area contributed by atoms with Crippen molar-refractivity contribution in [3.63, 3.8) is 0 Å². The molecule has 0 unspecified atom stereocenters. The average Bonchev–Trinajstić information content (AvgIpc) is 2.33. The van der Waals surface area contributed by atoms with E-state index in [1.54, 1.807) is 0 Å². The molecule has 0 amide bonds. The highest BCUT2D eigenvalue weighted by atomic mass is 16.5. The standard InChI is InChI=1S/C18H23NO/c1-12-11-15(18(4,5)6)8-10-16(12)20-17-9-7-13(2)19-14(17)3/h7-11H,1-6H3. The third kappa shape index (κ3) is 3.19. The number of hydrogen-bond donors (Lipinski definition) is 0. The van der Waals surface area contributed by atoms with E-state index in [9.17, 15) is 0 Å². The Hall–Kier alpha value is -1.83. The molecule has 0 bridgehead atoms. The summed E-state index contributed by atoms with van der Waals surface area (Å²) in [6.07, 6.45) is 0. The highest BCUT2D eigenvalue weighted by Gasteiger charge is 2.15. The molecule has 0 saturated carbocycles. The SMILES string of the molecule is Cc1ccc(Oc2ccc(C(C)(C)C)cc2C)c(C)n1. The van der Waals surface area contributed by atoms with Crippen molar-refractivity contribution >= 4 is 0 Å². The molecule has 0 aliphatic heterocycles. The van der Waals surface area contributed by atoms with Gasteiger partial charge in [0.25, 0.3) is 0 Å². The number of benzene rings is 1. The van der Waals surface area contributed by atoms with Crippen molar-refractivity contribution in [3.8, 4) is 11.5 Å². The first-order chi connectivity index (χ1) is 9.27. The molecule has 0 radical (unpaired) electrons. The van der Waals surface area contributed by atoms with E-state index in [-0.39, 0.29) is 5.41 Å². The van der Waals surface area contributed by atoms with Crippen LogP contribution in [-0.4, -0.2) is 4.98 Å². The topological polar surface area (TPSA) is 22.1 Å². The van der Waals surface area contributed by atoms with Gasteiger partial charge in [-0.25, -0.2) is 0 Å². The third-order valence-electron chi connectivity index (χ3n) is 3.44. The van der Waals surface area contributed by atoms with Gasteiger partial charge in [-0.3, -0.25) is 4.98 Å². The Bertz CT molecular complexity index is 624. The van der Waals surface area contributed by atoms with Crippen LogP contribution in [-0.2, 0) is 5.41 Å². The van der Waals surface area contributed by atoms with Gasteiger partial charge in [0.15, 0.2) is 0 Å². The first kappa shape index (κ1) is 14.6. The maximum absolute atomic E-state index is 6.00. The Morgan fingerprint density at radius 1 is 0.900 bits per heavy atom. The maximum Gasteiger partial charge on any atom is 0.148 e. The fourth-order valence-electron chi connectivity index (χ4n) is 2.13. The van der Waals surface area contributed by atoms with Gasteiger partial charge >= 0.3 is 0 Å². The zero-order chi connectivity index (χ0) is 14.9. The minimum Gasteiger partial charge on any atom is -0.455 e. The number of pyridine rings is 1. The lowest BCUT2D eigenvalue weighted by Crippen LogP contribution is -2.11. The summed E-state index contributed by atoms with van der Waals surface area (Å²) in [5.41, 5.74) is 4.56. The molecule has 2 heteroatoms. The van der Waals surface area contributed by atoms with E-state index < -0.39 is 0 Å². The summed E-state index contributed by atoms with van der Waals surface area (Å²) in [6.45, 7) is 12.7. The molecule has 0 aliphatic rings. The first-order valence-electron chi connectivity index (χ1n) is 7.00. The van der Waals surface area contributed by atoms with Crippen LogP contribution in [0.3, 0.4) is 0 Å². The van der Waals surface area contributed by atoms with E-state index in [1.807, 2.05) is 26.0 Å². The van der Waals surface area contributed by atoms with E-state index in [2.05, 4.69) is 50.9 Å². The summed E-state index contributed by atoms with van der Waals surface area (Å²) >= 11 is 0. The predicted molar refractivity (Wildman–Crippen MR) is 83.7 cm³/mol. The van der Waals surface area contributed by atoms with E-state index in [0.29, 0.717) is 0 Å². The van der Waals surface area contributed by atoms with E-state index in [0.717, 1.165) is 28.5 Å². The van der Waals surface area contributed by atoms with E-state index in [1.165, 1.54) is 5.56 Å². The normalized spacial score (nSPS) is 11.5. The van der Waals surface area contributed by atoms with Gasteiger partial charge in [-0.1, -0.05) is 32.9 Å². The Morgan fingerprint density at radius 3 is 2.10 bits per heavy atom. The number of nitrogens with zero attached hydrogens (tertiary/aromatic N) is 1. The second kappa shape index (κ2) is 5.28. The number of hydrogen-bond acceptors (Lipinski definition) is 2. The van der Waals surface area contributed by atoms with Gasteiger partial charge in [0.1, 0.15) is 11.5 Å². The van der Waals surface area contributed by atoms with Gasteiger partial charge in [0.05, 0.1) is 5.69 Å². The molecule has 0 fully saturated rings. The Balaban J connectivity index is 2.30. The zero-order valence-corrected chi connectivity index (χ0v) is 13.2. The molecule has 2 nitrogen and oxygen atoms in total. The van der Waals surface area contributed by atoms with Crippen LogP contribution in [0.1, 0.15) is 43.3 Å². The lowest BCUT2D eigenvalue weighted by atomic mass is 9.86. The smallest absolute Gasteiger partial charge is 0.148 e. The summed E-state index contributed by atoms with van der Waals surface area (Å²) in [4.78, 5) is 4.43. The molecular weight excluding hydrogens is 246 g/mol. The van der Waals surface area contributed by atoms with Crippen molar-refractivity contribution in [1.82, 2.24) is 4.98 Å². The number of aromatic nitrogens is 1. The molecule has 106 valence electrons. The fourth-order valence-corrected chi connectivity index (χ4v) is 2.13. The van der Waals surface area contributed by atoms with Gasteiger partial charge in [-0.05, 0) is 55.5 Å². The number of ether oxygens (including phenoxy) is 1. The average molecular weight is 269 g/mol. The first-order valence-corrected chi connectivity index (χ1v) is 7.00. The van der Waals surface area contributed by atoms with E-state index >= 15 is 0 Å². The van der Waals surface area contributed by atoms with Crippen LogP contribution in [0.2, 0.25) is 0 Å². The van der Waals surface area contributed by atoms with Crippen LogP contribution in [0.5, 0.6) is 11.5 Å². The minimum absolute atomic E-state index is 0.157. The molecule has 0 N–H and O–H groups in total. The van der Waals surface area contributed by atoms with Crippen molar-refractivity contribution in [3.05, 3.63) is 52.8 Å². The second-order valence-electron chi connectivity index (χ2n) is 6.37. The van der Waals surface area contributed by atoms with Crippen LogP contribution in [0.15, 0.2) is 30.3 Å². The second-order valence-corrected chi connectivity index (χ2v) is 6.37. The summed E-state index contributed by atoms with van der Waals surface area (Å²) < 4.78 is 6.00. The number of rotatable bonds is 2. The maximum atomic E-state index is 6.00. The van der Waals surface area contributed by atoms with Crippen LogP contribution >= 0.6 is 0 Å². The predicted octanol–water partition coefficient (Wildman–Crippen LogP) is 5.10.